The number of piperazine rings is 1. The normalized spacial score (nSPS) is 32.2. The Morgan fingerprint density at radius 2 is 2.11 bits per heavy atom. The molecule has 2 atom stereocenters. The molecule has 1 saturated carbocycles. The van der Waals surface area contributed by atoms with E-state index in [1.807, 2.05) is 6.08 Å². The molecular formula is C17H24N2. The lowest BCUT2D eigenvalue weighted by Crippen LogP contribution is -2.61. The predicted octanol–water partition coefficient (Wildman–Crippen LogP) is 2.99. The highest BCUT2D eigenvalue weighted by Crippen LogP contribution is 2.44. The van der Waals surface area contributed by atoms with Crippen LogP contribution in [0.3, 0.4) is 0 Å². The predicted molar refractivity (Wildman–Crippen MR) is 80.1 cm³/mol. The molecule has 2 nitrogen and oxygen atoms in total. The van der Waals surface area contributed by atoms with Crippen LogP contribution >= 0.6 is 0 Å². The van der Waals surface area contributed by atoms with E-state index in [2.05, 4.69) is 54.1 Å². The van der Waals surface area contributed by atoms with Crippen LogP contribution in [-0.4, -0.2) is 30.1 Å². The van der Waals surface area contributed by atoms with Gasteiger partial charge in [-0.25, -0.2) is 0 Å². The van der Waals surface area contributed by atoms with E-state index < -0.39 is 0 Å². The number of rotatable bonds is 4. The van der Waals surface area contributed by atoms with Crippen molar-refractivity contribution in [2.75, 3.05) is 19.6 Å². The van der Waals surface area contributed by atoms with E-state index >= 15 is 0 Å². The van der Waals surface area contributed by atoms with Crippen LogP contribution in [0.25, 0.3) is 0 Å². The molecule has 1 N–H and O–H groups in total. The van der Waals surface area contributed by atoms with Crippen molar-refractivity contribution in [3.05, 3.63) is 48.6 Å². The highest BCUT2D eigenvalue weighted by Gasteiger charge is 2.47. The molecule has 1 aromatic rings. The van der Waals surface area contributed by atoms with E-state index in [1.54, 1.807) is 0 Å². The number of hydrogen-bond donors (Lipinski definition) is 1. The molecule has 102 valence electrons. The standard InChI is InChI=1S/C17H24N2/c1-3-11-19-12-16(14-7-5-4-6-8-14)18-13-17(19,2)15-9-10-15/h3-8,15-16,18H,1,9-13H2,2H3. The maximum absolute atomic E-state index is 3.94. The summed E-state index contributed by atoms with van der Waals surface area (Å²) in [5, 5.41) is 3.76. The first kappa shape index (κ1) is 12.9. The second-order valence-corrected chi connectivity index (χ2v) is 6.17. The summed E-state index contributed by atoms with van der Waals surface area (Å²) in [5.74, 6) is 0.872. The molecule has 1 aromatic carbocycles. The van der Waals surface area contributed by atoms with E-state index in [4.69, 9.17) is 0 Å². The van der Waals surface area contributed by atoms with Crippen LogP contribution in [-0.2, 0) is 0 Å². The number of hydrogen-bond acceptors (Lipinski definition) is 2. The minimum Gasteiger partial charge on any atom is -0.307 e. The topological polar surface area (TPSA) is 15.3 Å². The second-order valence-electron chi connectivity index (χ2n) is 6.17. The quantitative estimate of drug-likeness (QED) is 0.833. The Balaban J connectivity index is 1.77. The Labute approximate surface area is 116 Å². The zero-order valence-electron chi connectivity index (χ0n) is 11.8. The first-order chi connectivity index (χ1) is 9.24. The van der Waals surface area contributed by atoms with E-state index in [9.17, 15) is 0 Å². The molecule has 1 aliphatic heterocycles. The summed E-state index contributed by atoms with van der Waals surface area (Å²) < 4.78 is 0. The van der Waals surface area contributed by atoms with Gasteiger partial charge in [0.2, 0.25) is 0 Å². The van der Waals surface area contributed by atoms with Gasteiger partial charge in [0.05, 0.1) is 0 Å². The Bertz CT molecular complexity index is 438. The van der Waals surface area contributed by atoms with Gasteiger partial charge in [-0.15, -0.1) is 6.58 Å². The van der Waals surface area contributed by atoms with E-state index in [0.29, 0.717) is 11.6 Å². The van der Waals surface area contributed by atoms with Crippen LogP contribution in [0.4, 0.5) is 0 Å². The van der Waals surface area contributed by atoms with Crippen molar-refractivity contribution >= 4 is 0 Å². The average molecular weight is 256 g/mol. The van der Waals surface area contributed by atoms with Crippen molar-refractivity contribution in [1.82, 2.24) is 10.2 Å². The minimum absolute atomic E-state index is 0.319. The molecule has 0 aromatic heterocycles. The molecule has 0 radical (unpaired) electrons. The molecule has 1 aliphatic carbocycles. The third-order valence-corrected chi connectivity index (χ3v) is 4.84. The molecule has 2 aliphatic rings. The first-order valence-electron chi connectivity index (χ1n) is 7.38. The Morgan fingerprint density at radius 1 is 1.37 bits per heavy atom. The van der Waals surface area contributed by atoms with Crippen LogP contribution in [0, 0.1) is 5.92 Å². The molecule has 0 amide bonds. The fraction of sp³-hybridized carbons (Fsp3) is 0.529. The van der Waals surface area contributed by atoms with Gasteiger partial charge >= 0.3 is 0 Å². The molecule has 3 rings (SSSR count). The zero-order valence-corrected chi connectivity index (χ0v) is 11.8. The highest BCUT2D eigenvalue weighted by molar-refractivity contribution is 5.21. The lowest BCUT2D eigenvalue weighted by Gasteiger charge is -2.48. The van der Waals surface area contributed by atoms with Gasteiger partial charge in [0.15, 0.2) is 0 Å². The Morgan fingerprint density at radius 3 is 2.74 bits per heavy atom. The van der Waals surface area contributed by atoms with Crippen molar-refractivity contribution in [3.8, 4) is 0 Å². The molecular weight excluding hydrogens is 232 g/mol. The van der Waals surface area contributed by atoms with Crippen LogP contribution in [0.2, 0.25) is 0 Å². The van der Waals surface area contributed by atoms with Gasteiger partial charge in [0.1, 0.15) is 0 Å². The van der Waals surface area contributed by atoms with Gasteiger partial charge in [0.25, 0.3) is 0 Å². The van der Waals surface area contributed by atoms with Gasteiger partial charge < -0.3 is 5.32 Å². The molecule has 1 saturated heterocycles. The van der Waals surface area contributed by atoms with Crippen LogP contribution in [0.1, 0.15) is 31.4 Å². The zero-order chi connectivity index (χ0) is 13.3. The summed E-state index contributed by atoms with van der Waals surface area (Å²) in [6, 6.07) is 11.2. The Hall–Kier alpha value is -1.12. The molecule has 2 fully saturated rings. The highest BCUT2D eigenvalue weighted by atomic mass is 15.3. The molecule has 2 heteroatoms. The van der Waals surface area contributed by atoms with Crippen molar-refractivity contribution in [2.45, 2.75) is 31.3 Å². The van der Waals surface area contributed by atoms with Crippen molar-refractivity contribution in [2.24, 2.45) is 5.92 Å². The summed E-state index contributed by atoms with van der Waals surface area (Å²) in [6.07, 6.45) is 4.83. The van der Waals surface area contributed by atoms with E-state index in [-0.39, 0.29) is 0 Å². The molecule has 1 heterocycles. The third-order valence-electron chi connectivity index (χ3n) is 4.84. The maximum atomic E-state index is 3.94. The van der Waals surface area contributed by atoms with Gasteiger partial charge in [0, 0.05) is 31.2 Å². The number of nitrogens with zero attached hydrogens (tertiary/aromatic N) is 1. The third kappa shape index (κ3) is 2.47. The smallest absolute Gasteiger partial charge is 0.0450 e. The SMILES string of the molecule is C=CCN1CC(c2ccccc2)NCC1(C)C1CC1. The summed E-state index contributed by atoms with van der Waals surface area (Å²) in [7, 11) is 0. The van der Waals surface area contributed by atoms with Crippen LogP contribution in [0.5, 0.6) is 0 Å². The van der Waals surface area contributed by atoms with Crippen molar-refractivity contribution in [3.63, 3.8) is 0 Å². The van der Waals surface area contributed by atoms with Crippen LogP contribution in [0.15, 0.2) is 43.0 Å². The van der Waals surface area contributed by atoms with E-state index in [0.717, 1.165) is 25.6 Å². The monoisotopic (exact) mass is 256 g/mol. The van der Waals surface area contributed by atoms with Crippen molar-refractivity contribution in [1.29, 1.82) is 0 Å². The van der Waals surface area contributed by atoms with Gasteiger partial charge in [-0.2, -0.15) is 0 Å². The van der Waals surface area contributed by atoms with E-state index in [1.165, 1.54) is 18.4 Å². The molecule has 19 heavy (non-hydrogen) atoms. The summed E-state index contributed by atoms with van der Waals surface area (Å²) >= 11 is 0. The second kappa shape index (κ2) is 5.10. The summed E-state index contributed by atoms with van der Waals surface area (Å²) in [6.45, 7) is 9.53. The molecule has 0 spiro atoms. The van der Waals surface area contributed by atoms with Crippen molar-refractivity contribution < 1.29 is 0 Å². The lowest BCUT2D eigenvalue weighted by molar-refractivity contribution is 0.0456. The number of benzene rings is 1. The van der Waals surface area contributed by atoms with Gasteiger partial charge in [-0.3, -0.25) is 4.90 Å². The average Bonchev–Trinajstić information content (AvgIpc) is 3.27. The van der Waals surface area contributed by atoms with Crippen LogP contribution < -0.4 is 5.32 Å². The minimum atomic E-state index is 0.319. The van der Waals surface area contributed by atoms with Gasteiger partial charge in [-0.1, -0.05) is 36.4 Å². The Kier molecular flexibility index (Phi) is 3.46. The van der Waals surface area contributed by atoms with Gasteiger partial charge in [-0.05, 0) is 31.2 Å². The number of nitrogens with one attached hydrogen (secondary N) is 1. The molecule has 2 unspecified atom stereocenters. The lowest BCUT2D eigenvalue weighted by atomic mass is 9.88. The summed E-state index contributed by atoms with van der Waals surface area (Å²) in [5.41, 5.74) is 1.72. The fourth-order valence-electron chi connectivity index (χ4n) is 3.39. The first-order valence-corrected chi connectivity index (χ1v) is 7.38. The fourth-order valence-corrected chi connectivity index (χ4v) is 3.39. The largest absolute Gasteiger partial charge is 0.307 e. The molecule has 0 bridgehead atoms. The maximum Gasteiger partial charge on any atom is 0.0450 e. The summed E-state index contributed by atoms with van der Waals surface area (Å²) in [4.78, 5) is 2.63.